The number of nitrogens with two attached hydrogens (primary N) is 1. The molecule has 0 heterocycles. The van der Waals surface area contributed by atoms with Crippen molar-refractivity contribution in [2.45, 2.75) is 26.2 Å². The maximum Gasteiger partial charge on any atom is 0.225 e. The van der Waals surface area contributed by atoms with E-state index in [1.807, 2.05) is 18.2 Å². The molecule has 0 fully saturated rings. The molecule has 1 rings (SSSR count). The first kappa shape index (κ1) is 17.3. The predicted octanol–water partition coefficient (Wildman–Crippen LogP) is 1.83. The molecule has 21 heavy (non-hydrogen) atoms. The Balaban J connectivity index is 2.46. The Bertz CT molecular complexity index is 449. The lowest BCUT2D eigenvalue weighted by Gasteiger charge is -2.17. The molecular formula is C16H26N2O3. The molecule has 2 N–H and O–H groups in total. The summed E-state index contributed by atoms with van der Waals surface area (Å²) in [7, 11) is 3.40. The summed E-state index contributed by atoms with van der Waals surface area (Å²) >= 11 is 0. The van der Waals surface area contributed by atoms with Gasteiger partial charge in [-0.15, -0.1) is 0 Å². The Morgan fingerprint density at radius 2 is 2.10 bits per heavy atom. The molecule has 118 valence electrons. The summed E-state index contributed by atoms with van der Waals surface area (Å²) in [5, 5.41) is 0. The van der Waals surface area contributed by atoms with Crippen molar-refractivity contribution in [1.29, 1.82) is 0 Å². The lowest BCUT2D eigenvalue weighted by Crippen LogP contribution is -2.30. The highest BCUT2D eigenvalue weighted by molar-refractivity contribution is 5.75. The summed E-state index contributed by atoms with van der Waals surface area (Å²) < 4.78 is 11.0. The fraction of sp³-hybridized carbons (Fsp3) is 0.562. The summed E-state index contributed by atoms with van der Waals surface area (Å²) in [4.78, 5) is 13.6. The topological polar surface area (TPSA) is 64.8 Å². The maximum absolute atomic E-state index is 11.9. The molecule has 1 aromatic carbocycles. The average Bonchev–Trinajstić information content (AvgIpc) is 2.52. The standard InChI is InChI=1S/C16H26N2O3/c1-4-13-6-7-14(15(12-13)20-3)21-11-8-16(19)18(2)10-5-9-17/h6-7,12H,4-5,8-11,17H2,1-3H3. The smallest absolute Gasteiger partial charge is 0.225 e. The second-order valence-corrected chi connectivity index (χ2v) is 4.89. The fourth-order valence-corrected chi connectivity index (χ4v) is 1.94. The average molecular weight is 294 g/mol. The number of methoxy groups -OCH3 is 1. The number of nitrogens with zero attached hydrogens (tertiary/aromatic N) is 1. The molecule has 0 atom stereocenters. The van der Waals surface area contributed by atoms with E-state index in [9.17, 15) is 4.79 Å². The van der Waals surface area contributed by atoms with Crippen LogP contribution in [0.2, 0.25) is 0 Å². The van der Waals surface area contributed by atoms with Crippen molar-refractivity contribution in [3.05, 3.63) is 23.8 Å². The number of carbonyl (C=O) groups excluding carboxylic acids is 1. The number of hydrogen-bond donors (Lipinski definition) is 1. The van der Waals surface area contributed by atoms with Gasteiger partial charge < -0.3 is 20.1 Å². The lowest BCUT2D eigenvalue weighted by atomic mass is 10.1. The largest absolute Gasteiger partial charge is 0.493 e. The van der Waals surface area contributed by atoms with Crippen LogP contribution < -0.4 is 15.2 Å². The minimum absolute atomic E-state index is 0.0626. The number of amides is 1. The van der Waals surface area contributed by atoms with Crippen molar-refractivity contribution in [2.24, 2.45) is 5.73 Å². The number of hydrogen-bond acceptors (Lipinski definition) is 4. The minimum Gasteiger partial charge on any atom is -0.493 e. The number of carbonyl (C=O) groups is 1. The van der Waals surface area contributed by atoms with Gasteiger partial charge in [-0.25, -0.2) is 0 Å². The van der Waals surface area contributed by atoms with Crippen LogP contribution in [0.1, 0.15) is 25.3 Å². The van der Waals surface area contributed by atoms with E-state index in [-0.39, 0.29) is 5.91 Å². The first-order valence-corrected chi connectivity index (χ1v) is 7.36. The Kier molecular flexibility index (Phi) is 7.61. The van der Waals surface area contributed by atoms with Crippen molar-refractivity contribution in [3.8, 4) is 11.5 Å². The van der Waals surface area contributed by atoms with Gasteiger partial charge in [0, 0.05) is 13.6 Å². The summed E-state index contributed by atoms with van der Waals surface area (Å²) in [6.45, 7) is 3.71. The number of benzene rings is 1. The highest BCUT2D eigenvalue weighted by atomic mass is 16.5. The first-order valence-electron chi connectivity index (χ1n) is 7.36. The third-order valence-electron chi connectivity index (χ3n) is 3.33. The molecule has 5 nitrogen and oxygen atoms in total. The van der Waals surface area contributed by atoms with Crippen LogP contribution in [-0.4, -0.2) is 44.7 Å². The van der Waals surface area contributed by atoms with Crippen LogP contribution in [0.3, 0.4) is 0 Å². The molecule has 1 amide bonds. The van der Waals surface area contributed by atoms with Gasteiger partial charge >= 0.3 is 0 Å². The van der Waals surface area contributed by atoms with E-state index in [0.717, 1.165) is 12.8 Å². The summed E-state index contributed by atoms with van der Waals surface area (Å²) in [5.74, 6) is 1.44. The lowest BCUT2D eigenvalue weighted by molar-refractivity contribution is -0.130. The Morgan fingerprint density at radius 3 is 2.71 bits per heavy atom. The Morgan fingerprint density at radius 1 is 1.33 bits per heavy atom. The van der Waals surface area contributed by atoms with Crippen molar-refractivity contribution in [1.82, 2.24) is 4.90 Å². The van der Waals surface area contributed by atoms with Crippen molar-refractivity contribution in [3.63, 3.8) is 0 Å². The summed E-state index contributed by atoms with van der Waals surface area (Å²) in [6, 6.07) is 5.86. The zero-order valence-corrected chi connectivity index (χ0v) is 13.2. The van der Waals surface area contributed by atoms with Gasteiger partial charge in [0.2, 0.25) is 5.91 Å². The second-order valence-electron chi connectivity index (χ2n) is 4.89. The zero-order valence-electron chi connectivity index (χ0n) is 13.2. The molecule has 0 saturated heterocycles. The monoisotopic (exact) mass is 294 g/mol. The van der Waals surface area contributed by atoms with E-state index in [1.165, 1.54) is 5.56 Å². The van der Waals surface area contributed by atoms with Crippen molar-refractivity contribution < 1.29 is 14.3 Å². The number of aryl methyl sites for hydroxylation is 1. The molecule has 0 spiro atoms. The van der Waals surface area contributed by atoms with E-state index in [2.05, 4.69) is 6.92 Å². The molecule has 0 unspecified atom stereocenters. The minimum atomic E-state index is 0.0626. The third kappa shape index (κ3) is 5.63. The fourth-order valence-electron chi connectivity index (χ4n) is 1.94. The van der Waals surface area contributed by atoms with Crippen LogP contribution in [0.25, 0.3) is 0 Å². The highest BCUT2D eigenvalue weighted by Gasteiger charge is 2.10. The van der Waals surface area contributed by atoms with Crippen LogP contribution in [-0.2, 0) is 11.2 Å². The summed E-state index contributed by atoms with van der Waals surface area (Å²) in [5.41, 5.74) is 6.62. The zero-order chi connectivity index (χ0) is 15.7. The predicted molar refractivity (Wildman–Crippen MR) is 83.8 cm³/mol. The van der Waals surface area contributed by atoms with Gasteiger partial charge in [-0.1, -0.05) is 13.0 Å². The van der Waals surface area contributed by atoms with E-state index in [4.69, 9.17) is 15.2 Å². The quantitative estimate of drug-likeness (QED) is 0.754. The van der Waals surface area contributed by atoms with Crippen LogP contribution in [0.5, 0.6) is 11.5 Å². The molecule has 0 aromatic heterocycles. The van der Waals surface area contributed by atoms with E-state index in [1.54, 1.807) is 19.1 Å². The van der Waals surface area contributed by atoms with E-state index >= 15 is 0 Å². The number of ether oxygens (including phenoxy) is 2. The van der Waals surface area contributed by atoms with Gasteiger partial charge in [0.05, 0.1) is 20.1 Å². The Hall–Kier alpha value is -1.75. The highest BCUT2D eigenvalue weighted by Crippen LogP contribution is 2.28. The third-order valence-corrected chi connectivity index (χ3v) is 3.33. The van der Waals surface area contributed by atoms with Gasteiger partial charge in [0.15, 0.2) is 11.5 Å². The van der Waals surface area contributed by atoms with Crippen LogP contribution in [0.15, 0.2) is 18.2 Å². The second kappa shape index (κ2) is 9.23. The molecule has 0 saturated carbocycles. The van der Waals surface area contributed by atoms with Gasteiger partial charge in [0.25, 0.3) is 0 Å². The molecule has 0 aliphatic heterocycles. The van der Waals surface area contributed by atoms with E-state index < -0.39 is 0 Å². The molecule has 0 radical (unpaired) electrons. The van der Waals surface area contributed by atoms with Crippen LogP contribution >= 0.6 is 0 Å². The van der Waals surface area contributed by atoms with E-state index in [0.29, 0.717) is 37.6 Å². The van der Waals surface area contributed by atoms with Crippen molar-refractivity contribution in [2.75, 3.05) is 33.9 Å². The molecule has 0 bridgehead atoms. The molecular weight excluding hydrogens is 268 g/mol. The van der Waals surface area contributed by atoms with Crippen LogP contribution in [0, 0.1) is 0 Å². The van der Waals surface area contributed by atoms with Gasteiger partial charge in [0.1, 0.15) is 0 Å². The normalized spacial score (nSPS) is 10.3. The van der Waals surface area contributed by atoms with Gasteiger partial charge in [-0.3, -0.25) is 4.79 Å². The number of rotatable bonds is 9. The summed E-state index contributed by atoms with van der Waals surface area (Å²) in [6.07, 6.45) is 2.11. The first-order chi connectivity index (χ1) is 10.1. The molecule has 1 aromatic rings. The van der Waals surface area contributed by atoms with Gasteiger partial charge in [-0.2, -0.15) is 0 Å². The molecule has 0 aliphatic carbocycles. The maximum atomic E-state index is 11.9. The molecule has 5 heteroatoms. The SMILES string of the molecule is CCc1ccc(OCCC(=O)N(C)CCCN)c(OC)c1. The van der Waals surface area contributed by atoms with Crippen LogP contribution in [0.4, 0.5) is 0 Å². The van der Waals surface area contributed by atoms with Crippen molar-refractivity contribution >= 4 is 5.91 Å². The Labute approximate surface area is 127 Å². The molecule has 0 aliphatic rings. The van der Waals surface area contributed by atoms with Gasteiger partial charge in [-0.05, 0) is 37.1 Å².